The molecule has 0 heterocycles. The van der Waals surface area contributed by atoms with Gasteiger partial charge in [-0.15, -0.1) is 0 Å². The van der Waals surface area contributed by atoms with E-state index in [9.17, 15) is 0 Å². The highest BCUT2D eigenvalue weighted by molar-refractivity contribution is 4.76. The molecule has 0 N–H and O–H groups in total. The van der Waals surface area contributed by atoms with Crippen LogP contribution < -0.4 is 0 Å². The SMILES string of the molecule is CCCN(C)C(C)C(C)(C)C. The molecule has 0 saturated carbocycles. The van der Waals surface area contributed by atoms with Gasteiger partial charge in [-0.1, -0.05) is 27.7 Å². The van der Waals surface area contributed by atoms with Crippen LogP contribution in [-0.4, -0.2) is 24.5 Å². The summed E-state index contributed by atoms with van der Waals surface area (Å²) in [6.45, 7) is 12.6. The lowest BCUT2D eigenvalue weighted by molar-refractivity contribution is 0.141. The molecule has 0 aliphatic carbocycles. The molecule has 11 heavy (non-hydrogen) atoms. The third kappa shape index (κ3) is 3.76. The topological polar surface area (TPSA) is 3.24 Å². The molecule has 0 aliphatic rings. The Balaban J connectivity index is 3.91. The molecule has 0 saturated heterocycles. The summed E-state index contributed by atoms with van der Waals surface area (Å²) in [5.74, 6) is 0. The molecular weight excluding hydrogens is 134 g/mol. The molecule has 0 aromatic carbocycles. The molecule has 0 spiro atoms. The van der Waals surface area contributed by atoms with Crippen molar-refractivity contribution in [3.8, 4) is 0 Å². The van der Waals surface area contributed by atoms with Gasteiger partial charge in [0, 0.05) is 6.04 Å². The van der Waals surface area contributed by atoms with Crippen molar-refractivity contribution in [3.63, 3.8) is 0 Å². The molecule has 0 aromatic heterocycles. The van der Waals surface area contributed by atoms with E-state index in [1.165, 1.54) is 13.0 Å². The standard InChI is InChI=1S/C10H23N/c1-7-8-11(6)9(2)10(3,4)5/h9H,7-8H2,1-6H3. The molecule has 1 atom stereocenters. The van der Waals surface area contributed by atoms with Crippen LogP contribution in [0, 0.1) is 5.41 Å². The number of hydrogen-bond donors (Lipinski definition) is 0. The van der Waals surface area contributed by atoms with Crippen LogP contribution in [0.4, 0.5) is 0 Å². The van der Waals surface area contributed by atoms with Crippen molar-refractivity contribution < 1.29 is 0 Å². The first-order valence-electron chi connectivity index (χ1n) is 4.59. The van der Waals surface area contributed by atoms with Gasteiger partial charge in [0.1, 0.15) is 0 Å². The predicted molar refractivity (Wildman–Crippen MR) is 51.8 cm³/mol. The highest BCUT2D eigenvalue weighted by atomic mass is 15.1. The first-order chi connectivity index (χ1) is 4.89. The summed E-state index contributed by atoms with van der Waals surface area (Å²) in [4.78, 5) is 2.43. The van der Waals surface area contributed by atoms with E-state index in [1.54, 1.807) is 0 Å². The monoisotopic (exact) mass is 157 g/mol. The summed E-state index contributed by atoms with van der Waals surface area (Å²) in [5.41, 5.74) is 0.407. The maximum atomic E-state index is 2.43. The Morgan fingerprint density at radius 2 is 1.73 bits per heavy atom. The van der Waals surface area contributed by atoms with Crippen molar-refractivity contribution in [2.75, 3.05) is 13.6 Å². The Bertz CT molecular complexity index is 102. The summed E-state index contributed by atoms with van der Waals surface area (Å²) in [6, 6.07) is 0.669. The second kappa shape index (κ2) is 4.10. The molecule has 0 rings (SSSR count). The van der Waals surface area contributed by atoms with E-state index in [-0.39, 0.29) is 0 Å². The van der Waals surface area contributed by atoms with E-state index in [0.717, 1.165) is 0 Å². The molecule has 0 aliphatic heterocycles. The van der Waals surface area contributed by atoms with Gasteiger partial charge in [-0.3, -0.25) is 0 Å². The highest BCUT2D eigenvalue weighted by Crippen LogP contribution is 2.22. The van der Waals surface area contributed by atoms with Gasteiger partial charge in [-0.05, 0) is 32.4 Å². The van der Waals surface area contributed by atoms with E-state index >= 15 is 0 Å². The van der Waals surface area contributed by atoms with Gasteiger partial charge < -0.3 is 4.90 Å². The zero-order valence-corrected chi connectivity index (χ0v) is 8.94. The second-order valence-electron chi connectivity index (χ2n) is 4.52. The van der Waals surface area contributed by atoms with Gasteiger partial charge in [0.05, 0.1) is 0 Å². The zero-order valence-electron chi connectivity index (χ0n) is 8.94. The van der Waals surface area contributed by atoms with Gasteiger partial charge in [-0.2, -0.15) is 0 Å². The third-order valence-corrected chi connectivity index (χ3v) is 2.49. The molecule has 1 heteroatoms. The van der Waals surface area contributed by atoms with E-state index in [1.807, 2.05) is 0 Å². The molecule has 1 unspecified atom stereocenters. The van der Waals surface area contributed by atoms with Crippen LogP contribution in [0.15, 0.2) is 0 Å². The largest absolute Gasteiger partial charge is 0.303 e. The second-order valence-corrected chi connectivity index (χ2v) is 4.52. The fraction of sp³-hybridized carbons (Fsp3) is 1.00. The molecular formula is C10H23N. The van der Waals surface area contributed by atoms with Crippen LogP contribution in [0.1, 0.15) is 41.0 Å². The van der Waals surface area contributed by atoms with Gasteiger partial charge in [0.25, 0.3) is 0 Å². The molecule has 0 amide bonds. The van der Waals surface area contributed by atoms with E-state index in [0.29, 0.717) is 11.5 Å². The van der Waals surface area contributed by atoms with Gasteiger partial charge in [-0.25, -0.2) is 0 Å². The smallest absolute Gasteiger partial charge is 0.0112 e. The molecule has 68 valence electrons. The summed E-state index contributed by atoms with van der Waals surface area (Å²) in [7, 11) is 2.21. The lowest BCUT2D eigenvalue weighted by Crippen LogP contribution is -2.39. The van der Waals surface area contributed by atoms with Crippen molar-refractivity contribution in [3.05, 3.63) is 0 Å². The Morgan fingerprint density at radius 1 is 1.27 bits per heavy atom. The Kier molecular flexibility index (Phi) is 4.09. The number of nitrogens with zero attached hydrogens (tertiary/aromatic N) is 1. The lowest BCUT2D eigenvalue weighted by atomic mass is 9.87. The minimum Gasteiger partial charge on any atom is -0.303 e. The third-order valence-electron chi connectivity index (χ3n) is 2.49. The maximum Gasteiger partial charge on any atom is 0.0112 e. The van der Waals surface area contributed by atoms with Crippen LogP contribution in [0.25, 0.3) is 0 Å². The molecule has 1 nitrogen and oxygen atoms in total. The van der Waals surface area contributed by atoms with E-state index in [4.69, 9.17) is 0 Å². The fourth-order valence-electron chi connectivity index (χ4n) is 1.21. The molecule has 0 bridgehead atoms. The summed E-state index contributed by atoms with van der Waals surface area (Å²) in [6.07, 6.45) is 1.25. The fourth-order valence-corrected chi connectivity index (χ4v) is 1.21. The minimum absolute atomic E-state index is 0.407. The van der Waals surface area contributed by atoms with Crippen LogP contribution in [-0.2, 0) is 0 Å². The summed E-state index contributed by atoms with van der Waals surface area (Å²) >= 11 is 0. The summed E-state index contributed by atoms with van der Waals surface area (Å²) in [5, 5.41) is 0. The van der Waals surface area contributed by atoms with E-state index in [2.05, 4.69) is 46.6 Å². The van der Waals surface area contributed by atoms with Gasteiger partial charge in [0.15, 0.2) is 0 Å². The Morgan fingerprint density at radius 3 is 2.00 bits per heavy atom. The first-order valence-corrected chi connectivity index (χ1v) is 4.59. The molecule has 0 radical (unpaired) electrons. The normalized spacial score (nSPS) is 15.5. The molecule has 0 aromatic rings. The Hall–Kier alpha value is -0.0400. The van der Waals surface area contributed by atoms with Crippen molar-refractivity contribution in [1.29, 1.82) is 0 Å². The quantitative estimate of drug-likeness (QED) is 0.609. The summed E-state index contributed by atoms with van der Waals surface area (Å²) < 4.78 is 0. The van der Waals surface area contributed by atoms with E-state index < -0.39 is 0 Å². The molecule has 0 fully saturated rings. The van der Waals surface area contributed by atoms with Crippen molar-refractivity contribution in [2.45, 2.75) is 47.1 Å². The number of rotatable bonds is 3. The lowest BCUT2D eigenvalue weighted by Gasteiger charge is -2.35. The van der Waals surface area contributed by atoms with Crippen molar-refractivity contribution in [2.24, 2.45) is 5.41 Å². The van der Waals surface area contributed by atoms with Crippen LogP contribution in [0.2, 0.25) is 0 Å². The van der Waals surface area contributed by atoms with Crippen molar-refractivity contribution >= 4 is 0 Å². The van der Waals surface area contributed by atoms with Crippen molar-refractivity contribution in [1.82, 2.24) is 4.90 Å². The minimum atomic E-state index is 0.407. The first kappa shape index (κ1) is 11.0. The van der Waals surface area contributed by atoms with Crippen LogP contribution >= 0.6 is 0 Å². The van der Waals surface area contributed by atoms with Gasteiger partial charge >= 0.3 is 0 Å². The average molecular weight is 157 g/mol. The van der Waals surface area contributed by atoms with Crippen LogP contribution in [0.5, 0.6) is 0 Å². The maximum absolute atomic E-state index is 2.43. The highest BCUT2D eigenvalue weighted by Gasteiger charge is 2.22. The zero-order chi connectivity index (χ0) is 9.07. The predicted octanol–water partition coefficient (Wildman–Crippen LogP) is 2.76. The average Bonchev–Trinajstić information content (AvgIpc) is 1.85. The van der Waals surface area contributed by atoms with Crippen LogP contribution in [0.3, 0.4) is 0 Å². The van der Waals surface area contributed by atoms with Gasteiger partial charge in [0.2, 0.25) is 0 Å². The number of hydrogen-bond acceptors (Lipinski definition) is 1. The Labute approximate surface area is 71.8 Å².